The van der Waals surface area contributed by atoms with Crippen molar-refractivity contribution >= 4 is 16.9 Å². The van der Waals surface area contributed by atoms with Crippen molar-refractivity contribution in [3.63, 3.8) is 0 Å². The van der Waals surface area contributed by atoms with Gasteiger partial charge in [-0.05, 0) is 26.2 Å². The fourth-order valence-corrected chi connectivity index (χ4v) is 2.43. The summed E-state index contributed by atoms with van der Waals surface area (Å²) in [6.07, 6.45) is 1.23. The minimum Gasteiger partial charge on any atom is -0.377 e. The molecular weight excluding hydrogens is 220 g/mol. The fraction of sp³-hybridized carbons (Fsp3) is 0.917. The molecule has 16 heavy (non-hydrogen) atoms. The summed E-state index contributed by atoms with van der Waals surface area (Å²) >= 11 is 1.82. The number of hydrogen-bond donors (Lipinski definition) is 1. The Bertz CT molecular complexity index is 251. The third-order valence-electron chi connectivity index (χ3n) is 2.94. The monoisotopic (exact) mass is 244 g/mol. The van der Waals surface area contributed by atoms with Crippen molar-refractivity contribution in [2.75, 3.05) is 19.4 Å². The van der Waals surface area contributed by atoms with Crippen LogP contribution in [0.25, 0.3) is 0 Å². The molecule has 1 aliphatic rings. The molecule has 0 aliphatic carbocycles. The molecule has 1 aliphatic heterocycles. The van der Waals surface area contributed by atoms with E-state index < -0.39 is 0 Å². The van der Waals surface area contributed by atoms with Crippen LogP contribution in [-0.4, -0.2) is 36.2 Å². The van der Waals surface area contributed by atoms with E-state index in [0.717, 1.165) is 5.17 Å². The van der Waals surface area contributed by atoms with Gasteiger partial charge in [0.15, 0.2) is 5.17 Å². The second kappa shape index (κ2) is 5.92. The van der Waals surface area contributed by atoms with E-state index >= 15 is 0 Å². The van der Waals surface area contributed by atoms with Crippen LogP contribution in [0.15, 0.2) is 4.99 Å². The van der Waals surface area contributed by atoms with E-state index in [2.05, 4.69) is 38.0 Å². The van der Waals surface area contributed by atoms with E-state index in [1.54, 1.807) is 7.11 Å². The molecule has 0 aromatic rings. The molecule has 0 aromatic heterocycles. The molecule has 0 amide bonds. The van der Waals surface area contributed by atoms with Gasteiger partial charge in [0.25, 0.3) is 0 Å². The van der Waals surface area contributed by atoms with Gasteiger partial charge in [0.05, 0.1) is 12.1 Å². The minimum absolute atomic E-state index is 0.167. The molecule has 1 heterocycles. The third kappa shape index (κ3) is 4.34. The van der Waals surface area contributed by atoms with Gasteiger partial charge in [-0.3, -0.25) is 4.99 Å². The molecule has 0 bridgehead atoms. The number of nitrogens with one attached hydrogen (secondary N) is 1. The van der Waals surface area contributed by atoms with Gasteiger partial charge in [0, 0.05) is 18.9 Å². The smallest absolute Gasteiger partial charge is 0.156 e. The molecule has 1 atom stereocenters. The number of nitrogens with zero attached hydrogens (tertiary/aromatic N) is 1. The van der Waals surface area contributed by atoms with E-state index in [0.29, 0.717) is 18.5 Å². The lowest BCUT2D eigenvalue weighted by molar-refractivity contribution is 0.0312. The third-order valence-corrected chi connectivity index (χ3v) is 3.90. The Kier molecular flexibility index (Phi) is 5.12. The molecular formula is C12H24N2OS. The number of rotatable bonds is 4. The van der Waals surface area contributed by atoms with E-state index in [1.165, 1.54) is 12.2 Å². The summed E-state index contributed by atoms with van der Waals surface area (Å²) in [5.41, 5.74) is -0.167. The van der Waals surface area contributed by atoms with Gasteiger partial charge < -0.3 is 10.1 Å². The first-order valence-corrected chi connectivity index (χ1v) is 6.92. The summed E-state index contributed by atoms with van der Waals surface area (Å²) < 4.78 is 5.36. The van der Waals surface area contributed by atoms with Crippen LogP contribution in [0, 0.1) is 5.92 Å². The maximum absolute atomic E-state index is 5.36. The van der Waals surface area contributed by atoms with Crippen LogP contribution in [0.1, 0.15) is 34.1 Å². The first kappa shape index (κ1) is 13.8. The summed E-state index contributed by atoms with van der Waals surface area (Å²) in [7, 11) is 1.73. The zero-order valence-corrected chi connectivity index (χ0v) is 11.9. The quantitative estimate of drug-likeness (QED) is 0.825. The molecule has 0 spiro atoms. The van der Waals surface area contributed by atoms with Crippen LogP contribution >= 0.6 is 11.8 Å². The lowest BCUT2D eigenvalue weighted by Crippen LogP contribution is -2.42. The van der Waals surface area contributed by atoms with Gasteiger partial charge in [-0.1, -0.05) is 25.6 Å². The van der Waals surface area contributed by atoms with Crippen LogP contribution in [0.4, 0.5) is 0 Å². The van der Waals surface area contributed by atoms with Crippen LogP contribution in [-0.2, 0) is 4.74 Å². The molecule has 1 saturated heterocycles. The highest BCUT2D eigenvalue weighted by molar-refractivity contribution is 8.13. The average Bonchev–Trinajstić information content (AvgIpc) is 2.27. The highest BCUT2D eigenvalue weighted by Crippen LogP contribution is 2.19. The molecule has 1 unspecified atom stereocenters. The Morgan fingerprint density at radius 3 is 2.81 bits per heavy atom. The standard InChI is InChI=1S/C12H24N2OS/c1-9(2)10-6-7-16-11(14-10)13-8-12(3,4)15-5/h9-10H,6-8H2,1-5H3,(H,13,14). The van der Waals surface area contributed by atoms with Crippen molar-refractivity contribution in [3.05, 3.63) is 0 Å². The van der Waals surface area contributed by atoms with E-state index in [9.17, 15) is 0 Å². The molecule has 1 rings (SSSR count). The second-order valence-corrected chi connectivity index (χ2v) is 6.30. The number of amidine groups is 1. The summed E-state index contributed by atoms with van der Waals surface area (Å²) in [6.45, 7) is 9.34. The zero-order chi connectivity index (χ0) is 12.2. The highest BCUT2D eigenvalue weighted by atomic mass is 32.2. The zero-order valence-electron chi connectivity index (χ0n) is 11.0. The lowest BCUT2D eigenvalue weighted by Gasteiger charge is -2.29. The van der Waals surface area contributed by atoms with Crippen LogP contribution in [0.2, 0.25) is 0 Å². The van der Waals surface area contributed by atoms with Crippen molar-refractivity contribution in [2.24, 2.45) is 10.9 Å². The van der Waals surface area contributed by atoms with Crippen LogP contribution < -0.4 is 5.32 Å². The molecule has 3 nitrogen and oxygen atoms in total. The Balaban J connectivity index is 2.50. The normalized spacial score (nSPS) is 24.9. The van der Waals surface area contributed by atoms with Crippen molar-refractivity contribution in [2.45, 2.75) is 45.8 Å². The molecule has 0 aromatic carbocycles. The van der Waals surface area contributed by atoms with Gasteiger partial charge in [-0.15, -0.1) is 0 Å². The van der Waals surface area contributed by atoms with E-state index in [1.807, 2.05) is 11.8 Å². The SMILES string of the molecule is COC(C)(C)CN=C1NC(C(C)C)CCS1. The maximum atomic E-state index is 5.36. The van der Waals surface area contributed by atoms with Gasteiger partial charge in [-0.25, -0.2) is 0 Å². The van der Waals surface area contributed by atoms with Gasteiger partial charge in [0.2, 0.25) is 0 Å². The minimum atomic E-state index is -0.167. The number of aliphatic imine (C=N–C) groups is 1. The Hall–Kier alpha value is -0.220. The molecule has 94 valence electrons. The van der Waals surface area contributed by atoms with Crippen LogP contribution in [0.3, 0.4) is 0 Å². The predicted molar refractivity (Wildman–Crippen MR) is 72.2 cm³/mol. The fourth-order valence-electron chi connectivity index (χ4n) is 1.47. The Labute approximate surface area is 103 Å². The highest BCUT2D eigenvalue weighted by Gasteiger charge is 2.21. The summed E-state index contributed by atoms with van der Waals surface area (Å²) in [5.74, 6) is 1.84. The number of methoxy groups -OCH3 is 1. The first-order valence-electron chi connectivity index (χ1n) is 5.93. The number of ether oxygens (including phenoxy) is 1. The Morgan fingerprint density at radius 1 is 1.56 bits per heavy atom. The topological polar surface area (TPSA) is 33.6 Å². The van der Waals surface area contributed by atoms with E-state index in [-0.39, 0.29) is 5.60 Å². The molecule has 4 heteroatoms. The van der Waals surface area contributed by atoms with Crippen molar-refractivity contribution in [1.82, 2.24) is 5.32 Å². The van der Waals surface area contributed by atoms with Gasteiger partial charge in [-0.2, -0.15) is 0 Å². The van der Waals surface area contributed by atoms with Crippen LogP contribution in [0.5, 0.6) is 0 Å². The summed E-state index contributed by atoms with van der Waals surface area (Å²) in [4.78, 5) is 4.60. The summed E-state index contributed by atoms with van der Waals surface area (Å²) in [6, 6.07) is 0.575. The predicted octanol–water partition coefficient (Wildman–Crippen LogP) is 2.52. The number of thioether (sulfide) groups is 1. The van der Waals surface area contributed by atoms with Crippen molar-refractivity contribution in [1.29, 1.82) is 0 Å². The Morgan fingerprint density at radius 2 is 2.25 bits per heavy atom. The van der Waals surface area contributed by atoms with Gasteiger partial charge in [0.1, 0.15) is 0 Å². The molecule has 0 saturated carbocycles. The molecule has 1 fully saturated rings. The second-order valence-electron chi connectivity index (χ2n) is 5.22. The van der Waals surface area contributed by atoms with E-state index in [4.69, 9.17) is 4.74 Å². The lowest BCUT2D eigenvalue weighted by atomic mass is 10.0. The molecule has 0 radical (unpaired) electrons. The average molecular weight is 244 g/mol. The van der Waals surface area contributed by atoms with Crippen molar-refractivity contribution < 1.29 is 4.74 Å². The first-order chi connectivity index (χ1) is 7.44. The molecule has 1 N–H and O–H groups in total. The van der Waals surface area contributed by atoms with Crippen molar-refractivity contribution in [3.8, 4) is 0 Å². The number of hydrogen-bond acceptors (Lipinski definition) is 3. The summed E-state index contributed by atoms with van der Waals surface area (Å²) in [5, 5.41) is 4.59. The largest absolute Gasteiger partial charge is 0.377 e. The maximum Gasteiger partial charge on any atom is 0.156 e. The van der Waals surface area contributed by atoms with Gasteiger partial charge >= 0.3 is 0 Å².